The van der Waals surface area contributed by atoms with Gasteiger partial charge in [-0.3, -0.25) is 13.9 Å². The average Bonchev–Trinajstić information content (AvgIpc) is 2.99. The summed E-state index contributed by atoms with van der Waals surface area (Å²) >= 11 is 0. The number of fused-ring (bicyclic) bond motifs is 1. The number of ether oxygens (including phenoxy) is 4. The van der Waals surface area contributed by atoms with Crippen molar-refractivity contribution < 1.29 is 92.0 Å². The van der Waals surface area contributed by atoms with Crippen LogP contribution < -0.4 is 10.2 Å². The molecule has 0 unspecified atom stereocenters. The van der Waals surface area contributed by atoms with Gasteiger partial charge in [-0.1, -0.05) is 0 Å². The number of rotatable bonds is 6. The molecule has 0 saturated carbocycles. The number of phenolic OH excluding ortho intramolecular Hbond substituents is 4. The molecule has 20 nitrogen and oxygen atoms in total. The first kappa shape index (κ1) is 37.0. The minimum Gasteiger partial charge on any atom is -0.508 e. The van der Waals surface area contributed by atoms with Gasteiger partial charge in [0.1, 0.15) is 65.2 Å². The Kier molecular flexibility index (Phi) is 11.0. The van der Waals surface area contributed by atoms with Gasteiger partial charge in [0.2, 0.25) is 17.5 Å². The van der Waals surface area contributed by atoms with Crippen molar-refractivity contribution in [3.63, 3.8) is 0 Å². The lowest BCUT2D eigenvalue weighted by molar-refractivity contribution is -0.318. The monoisotopic (exact) mass is 708 g/mol. The Balaban J connectivity index is 0.000000968. The van der Waals surface area contributed by atoms with Gasteiger partial charge in [0.25, 0.3) is 0 Å². The van der Waals surface area contributed by atoms with Gasteiger partial charge in [0.05, 0.1) is 12.7 Å². The molecule has 5 rings (SSSR count). The fourth-order valence-electron chi connectivity index (χ4n) is 4.84. The molecule has 2 aliphatic heterocycles. The second-order valence-electron chi connectivity index (χ2n) is 10.7. The third-order valence-electron chi connectivity index (χ3n) is 7.29. The first-order valence-electron chi connectivity index (χ1n) is 13.7. The molecule has 0 aliphatic carbocycles. The maximum Gasteiger partial charge on any atom is 0.394 e. The van der Waals surface area contributed by atoms with E-state index in [9.17, 15) is 55.9 Å². The molecule has 2 fully saturated rings. The quantitative estimate of drug-likeness (QED) is 0.0942. The molecule has 12 N–H and O–H groups in total. The SMILES string of the molecule is C[C@@H]1O[C@H](OC[C@H]2O[C@@H](Oc3c(-c4ccc(O)c(O)c4)oc4cc(O)cc(O)c4c3=O)[C@H](O)[C@@H](O)[C@@H]2O)[C@H](O)[C@H](O)[C@H]1O.O=S(=O)(O)O. The van der Waals surface area contributed by atoms with E-state index in [1.54, 1.807) is 0 Å². The lowest BCUT2D eigenvalue weighted by Gasteiger charge is -2.42. The van der Waals surface area contributed by atoms with Gasteiger partial charge in [-0.15, -0.1) is 0 Å². The molecule has 21 heteroatoms. The molecule has 0 radical (unpaired) electrons. The smallest absolute Gasteiger partial charge is 0.394 e. The van der Waals surface area contributed by atoms with Crippen LogP contribution in [0.25, 0.3) is 22.3 Å². The lowest BCUT2D eigenvalue weighted by atomic mass is 9.98. The Labute approximate surface area is 269 Å². The summed E-state index contributed by atoms with van der Waals surface area (Å²) in [6.45, 7) is 0.818. The summed E-state index contributed by atoms with van der Waals surface area (Å²) < 4.78 is 59.4. The van der Waals surface area contributed by atoms with Crippen molar-refractivity contribution in [2.24, 2.45) is 0 Å². The predicted molar refractivity (Wildman–Crippen MR) is 154 cm³/mol. The maximum atomic E-state index is 13.6. The Morgan fingerprint density at radius 3 is 1.98 bits per heavy atom. The Morgan fingerprint density at radius 2 is 1.35 bits per heavy atom. The first-order valence-corrected chi connectivity index (χ1v) is 15.1. The van der Waals surface area contributed by atoms with Crippen LogP contribution in [0.3, 0.4) is 0 Å². The molecular formula is C27H32O20S. The van der Waals surface area contributed by atoms with Crippen LogP contribution >= 0.6 is 0 Å². The highest BCUT2D eigenvalue weighted by Crippen LogP contribution is 2.39. The minimum absolute atomic E-state index is 0.0313. The van der Waals surface area contributed by atoms with Crippen LogP contribution in [0, 0.1) is 0 Å². The number of hydrogen-bond donors (Lipinski definition) is 12. The van der Waals surface area contributed by atoms with E-state index in [0.29, 0.717) is 0 Å². The lowest BCUT2D eigenvalue weighted by Crippen LogP contribution is -2.61. The molecular weight excluding hydrogens is 676 g/mol. The van der Waals surface area contributed by atoms with Gasteiger partial charge in [0.15, 0.2) is 23.5 Å². The maximum absolute atomic E-state index is 13.6. The average molecular weight is 709 g/mol. The van der Waals surface area contributed by atoms with Gasteiger partial charge in [-0.25, -0.2) is 0 Å². The van der Waals surface area contributed by atoms with Crippen molar-refractivity contribution in [2.75, 3.05) is 6.61 Å². The fraction of sp³-hybridized carbons (Fsp3) is 0.444. The zero-order valence-electron chi connectivity index (χ0n) is 24.4. The number of benzene rings is 2. The molecule has 1 aromatic heterocycles. The number of phenols is 4. The zero-order valence-corrected chi connectivity index (χ0v) is 25.2. The number of hydrogen-bond acceptors (Lipinski definition) is 18. The van der Waals surface area contributed by atoms with E-state index in [1.165, 1.54) is 13.0 Å². The normalized spacial score (nSPS) is 30.8. The summed E-state index contributed by atoms with van der Waals surface area (Å²) in [6, 6.07) is 5.24. The zero-order chi connectivity index (χ0) is 35.8. The molecule has 2 saturated heterocycles. The Hall–Kier alpha value is -3.84. The van der Waals surface area contributed by atoms with E-state index in [1.807, 2.05) is 0 Å². The van der Waals surface area contributed by atoms with Gasteiger partial charge in [0, 0.05) is 17.7 Å². The number of aromatic hydroxyl groups is 4. The predicted octanol–water partition coefficient (Wildman–Crippen LogP) is -2.34. The second kappa shape index (κ2) is 14.3. The van der Waals surface area contributed by atoms with Crippen LogP contribution in [-0.4, -0.2) is 137 Å². The highest BCUT2D eigenvalue weighted by Gasteiger charge is 2.47. The van der Waals surface area contributed by atoms with Crippen LogP contribution in [0.1, 0.15) is 6.92 Å². The summed E-state index contributed by atoms with van der Waals surface area (Å²) in [6.07, 6.45) is -16.2. The topological polar surface area (TPSA) is 344 Å². The van der Waals surface area contributed by atoms with Crippen molar-refractivity contribution in [3.05, 3.63) is 40.6 Å². The summed E-state index contributed by atoms with van der Waals surface area (Å²) in [7, 11) is -4.67. The van der Waals surface area contributed by atoms with Crippen LogP contribution in [0.15, 0.2) is 39.5 Å². The van der Waals surface area contributed by atoms with E-state index in [0.717, 1.165) is 24.3 Å². The first-order chi connectivity index (χ1) is 22.3. The second-order valence-corrected chi connectivity index (χ2v) is 11.6. The molecule has 10 atom stereocenters. The Bertz CT molecular complexity index is 1770. The van der Waals surface area contributed by atoms with Gasteiger partial charge in [-0.2, -0.15) is 8.42 Å². The molecule has 3 heterocycles. The van der Waals surface area contributed by atoms with Crippen LogP contribution in [0.2, 0.25) is 0 Å². The highest BCUT2D eigenvalue weighted by molar-refractivity contribution is 7.79. The minimum atomic E-state index is -4.67. The van der Waals surface area contributed by atoms with Crippen molar-refractivity contribution in [1.29, 1.82) is 0 Å². The Morgan fingerprint density at radius 1 is 0.750 bits per heavy atom. The summed E-state index contributed by atoms with van der Waals surface area (Å²) in [5, 5.41) is 101. The molecule has 48 heavy (non-hydrogen) atoms. The third-order valence-corrected chi connectivity index (χ3v) is 7.29. The molecule has 2 aliphatic rings. The van der Waals surface area contributed by atoms with Gasteiger partial charge in [-0.05, 0) is 25.1 Å². The van der Waals surface area contributed by atoms with E-state index < -0.39 is 124 Å². The number of aliphatic hydroxyl groups excluding tert-OH is 6. The van der Waals surface area contributed by atoms with E-state index >= 15 is 0 Å². The van der Waals surface area contributed by atoms with Crippen LogP contribution in [0.4, 0.5) is 0 Å². The largest absolute Gasteiger partial charge is 0.508 e. The number of aliphatic hydroxyl groups is 6. The van der Waals surface area contributed by atoms with Crippen molar-refractivity contribution in [3.8, 4) is 40.1 Å². The molecule has 0 spiro atoms. The molecule has 0 amide bonds. The van der Waals surface area contributed by atoms with Gasteiger partial charge < -0.3 is 74.4 Å². The molecule has 3 aromatic rings. The summed E-state index contributed by atoms with van der Waals surface area (Å²) in [5.74, 6) is -3.33. The summed E-state index contributed by atoms with van der Waals surface area (Å²) in [5.41, 5.74) is -1.35. The van der Waals surface area contributed by atoms with Crippen molar-refractivity contribution >= 4 is 21.4 Å². The van der Waals surface area contributed by atoms with Crippen molar-refractivity contribution in [2.45, 2.75) is 68.3 Å². The van der Waals surface area contributed by atoms with Gasteiger partial charge >= 0.3 is 10.4 Å². The van der Waals surface area contributed by atoms with E-state index in [2.05, 4.69) is 0 Å². The van der Waals surface area contributed by atoms with E-state index in [4.69, 9.17) is 40.9 Å². The third kappa shape index (κ3) is 8.06. The molecule has 0 bridgehead atoms. The summed E-state index contributed by atoms with van der Waals surface area (Å²) in [4.78, 5) is 13.6. The highest BCUT2D eigenvalue weighted by atomic mass is 32.3. The standard InChI is InChI=1S/C27H30O16.H2O4S/c1-8-17(32)20(35)22(37)26(40-8)39-7-15-18(33)21(36)23(38)27(42-15)43-25-19(34)16-13(31)5-10(28)6-14(16)41-24(25)9-2-3-11(29)12(30)4-9;1-5(2,3)4/h2-6,8,15,17-18,20-23,26-33,35-38H,7H2,1H3;(H2,1,2,3,4)/t8-,15+,17-,18+,20+,21-,22+,23+,26-,27-;/m0./s1. The molecule has 266 valence electrons. The van der Waals surface area contributed by atoms with Crippen LogP contribution in [0.5, 0.6) is 28.7 Å². The van der Waals surface area contributed by atoms with Crippen molar-refractivity contribution in [1.82, 2.24) is 0 Å². The van der Waals surface area contributed by atoms with Crippen LogP contribution in [-0.2, 0) is 24.6 Å². The van der Waals surface area contributed by atoms with E-state index in [-0.39, 0.29) is 11.1 Å². The molecule has 2 aromatic carbocycles. The fourth-order valence-corrected chi connectivity index (χ4v) is 4.84.